The van der Waals surface area contributed by atoms with Gasteiger partial charge in [0.1, 0.15) is 5.01 Å². The molecule has 0 aromatic carbocycles. The first-order valence-electron chi connectivity index (χ1n) is 4.91. The number of thiazole rings is 1. The molecule has 1 aliphatic rings. The Morgan fingerprint density at radius 3 is 2.93 bits per heavy atom. The SMILES string of the molecule is CSC1(CNCc2nc(C)cs2)CC1. The van der Waals surface area contributed by atoms with E-state index in [-0.39, 0.29) is 0 Å². The Labute approximate surface area is 93.5 Å². The van der Waals surface area contributed by atoms with Crippen molar-refractivity contribution in [2.75, 3.05) is 12.8 Å². The molecule has 0 aliphatic heterocycles. The fourth-order valence-electron chi connectivity index (χ4n) is 1.47. The highest BCUT2D eigenvalue weighted by Crippen LogP contribution is 2.46. The van der Waals surface area contributed by atoms with Gasteiger partial charge in [-0.05, 0) is 26.0 Å². The number of aryl methyl sites for hydroxylation is 1. The van der Waals surface area contributed by atoms with E-state index in [1.165, 1.54) is 17.8 Å². The molecule has 0 atom stereocenters. The van der Waals surface area contributed by atoms with Gasteiger partial charge >= 0.3 is 0 Å². The van der Waals surface area contributed by atoms with Crippen molar-refractivity contribution in [3.05, 3.63) is 16.1 Å². The molecule has 0 amide bonds. The molecule has 1 saturated carbocycles. The Morgan fingerprint density at radius 2 is 2.43 bits per heavy atom. The van der Waals surface area contributed by atoms with E-state index < -0.39 is 0 Å². The number of rotatable bonds is 5. The Kier molecular flexibility index (Phi) is 3.14. The maximum atomic E-state index is 4.43. The van der Waals surface area contributed by atoms with Crippen molar-refractivity contribution >= 4 is 23.1 Å². The molecule has 2 rings (SSSR count). The van der Waals surface area contributed by atoms with Gasteiger partial charge in [-0.25, -0.2) is 4.98 Å². The number of thioether (sulfide) groups is 1. The molecule has 1 aliphatic carbocycles. The normalized spacial score (nSPS) is 18.4. The van der Waals surface area contributed by atoms with Gasteiger partial charge in [0.15, 0.2) is 0 Å². The lowest BCUT2D eigenvalue weighted by molar-refractivity contribution is 0.660. The molecule has 1 heterocycles. The van der Waals surface area contributed by atoms with Crippen LogP contribution in [-0.2, 0) is 6.54 Å². The van der Waals surface area contributed by atoms with Gasteiger partial charge in [-0.15, -0.1) is 11.3 Å². The summed E-state index contributed by atoms with van der Waals surface area (Å²) in [6.07, 6.45) is 4.96. The zero-order chi connectivity index (χ0) is 10.0. The summed E-state index contributed by atoms with van der Waals surface area (Å²) >= 11 is 3.75. The lowest BCUT2D eigenvalue weighted by Gasteiger charge is -2.11. The molecule has 1 aromatic rings. The average Bonchev–Trinajstić information content (AvgIpc) is 2.84. The molecule has 1 N–H and O–H groups in total. The second kappa shape index (κ2) is 4.21. The predicted molar refractivity (Wildman–Crippen MR) is 64.0 cm³/mol. The van der Waals surface area contributed by atoms with Crippen LogP contribution < -0.4 is 5.32 Å². The molecular weight excluding hydrogens is 212 g/mol. The summed E-state index contributed by atoms with van der Waals surface area (Å²) < 4.78 is 0.562. The summed E-state index contributed by atoms with van der Waals surface area (Å²) in [5, 5.41) is 6.81. The Balaban J connectivity index is 1.73. The van der Waals surface area contributed by atoms with Gasteiger partial charge < -0.3 is 5.32 Å². The molecule has 2 nitrogen and oxygen atoms in total. The zero-order valence-electron chi connectivity index (χ0n) is 8.67. The van der Waals surface area contributed by atoms with Crippen LogP contribution in [0, 0.1) is 6.92 Å². The van der Waals surface area contributed by atoms with Crippen molar-refractivity contribution in [3.8, 4) is 0 Å². The van der Waals surface area contributed by atoms with E-state index in [4.69, 9.17) is 0 Å². The van der Waals surface area contributed by atoms with E-state index in [1.807, 2.05) is 18.7 Å². The van der Waals surface area contributed by atoms with Gasteiger partial charge in [-0.3, -0.25) is 0 Å². The first-order valence-corrected chi connectivity index (χ1v) is 7.01. The summed E-state index contributed by atoms with van der Waals surface area (Å²) in [7, 11) is 0. The van der Waals surface area contributed by atoms with Gasteiger partial charge in [0.25, 0.3) is 0 Å². The van der Waals surface area contributed by atoms with Crippen LogP contribution in [0.4, 0.5) is 0 Å². The largest absolute Gasteiger partial charge is 0.309 e. The minimum Gasteiger partial charge on any atom is -0.309 e. The van der Waals surface area contributed by atoms with Crippen LogP contribution in [0.5, 0.6) is 0 Å². The summed E-state index contributed by atoms with van der Waals surface area (Å²) in [6.45, 7) is 4.11. The van der Waals surface area contributed by atoms with E-state index in [0.717, 1.165) is 18.8 Å². The van der Waals surface area contributed by atoms with Crippen LogP contribution in [0.1, 0.15) is 23.5 Å². The maximum absolute atomic E-state index is 4.43. The minimum absolute atomic E-state index is 0.562. The lowest BCUT2D eigenvalue weighted by Crippen LogP contribution is -2.25. The Hall–Kier alpha value is -0.0600. The molecule has 14 heavy (non-hydrogen) atoms. The Bertz CT molecular complexity index is 305. The number of aromatic nitrogens is 1. The summed E-state index contributed by atoms with van der Waals surface area (Å²) in [5.74, 6) is 0. The van der Waals surface area contributed by atoms with Crippen LogP contribution in [0.2, 0.25) is 0 Å². The number of nitrogens with one attached hydrogen (secondary N) is 1. The van der Waals surface area contributed by atoms with E-state index in [9.17, 15) is 0 Å². The summed E-state index contributed by atoms with van der Waals surface area (Å²) in [4.78, 5) is 4.43. The molecule has 4 heteroatoms. The third kappa shape index (κ3) is 2.49. The molecule has 0 spiro atoms. The van der Waals surface area contributed by atoms with Crippen LogP contribution in [0.25, 0.3) is 0 Å². The van der Waals surface area contributed by atoms with Crippen molar-refractivity contribution in [1.82, 2.24) is 10.3 Å². The van der Waals surface area contributed by atoms with Gasteiger partial charge in [0.05, 0.1) is 0 Å². The van der Waals surface area contributed by atoms with E-state index in [2.05, 4.69) is 21.9 Å². The van der Waals surface area contributed by atoms with Gasteiger partial charge in [-0.1, -0.05) is 0 Å². The molecule has 0 saturated heterocycles. The topological polar surface area (TPSA) is 24.9 Å². The summed E-state index contributed by atoms with van der Waals surface area (Å²) in [5.41, 5.74) is 1.14. The molecule has 0 radical (unpaired) electrons. The summed E-state index contributed by atoms with van der Waals surface area (Å²) in [6, 6.07) is 0. The third-order valence-corrected chi connectivity index (χ3v) is 5.02. The first kappa shape index (κ1) is 10.5. The number of nitrogens with zero attached hydrogens (tertiary/aromatic N) is 1. The second-order valence-corrected chi connectivity index (χ2v) is 6.09. The van der Waals surface area contributed by atoms with Crippen LogP contribution in [0.15, 0.2) is 5.38 Å². The van der Waals surface area contributed by atoms with Gasteiger partial charge in [0.2, 0.25) is 0 Å². The smallest absolute Gasteiger partial charge is 0.107 e. The standard InChI is InChI=1S/C10H16N2S2/c1-8-6-14-9(12-8)5-11-7-10(13-2)3-4-10/h6,11H,3-5,7H2,1-2H3. The molecule has 0 unspecified atom stereocenters. The van der Waals surface area contributed by atoms with E-state index >= 15 is 0 Å². The number of hydrogen-bond donors (Lipinski definition) is 1. The third-order valence-electron chi connectivity index (χ3n) is 2.63. The first-order chi connectivity index (χ1) is 6.74. The van der Waals surface area contributed by atoms with Gasteiger partial charge in [-0.2, -0.15) is 11.8 Å². The average molecular weight is 228 g/mol. The van der Waals surface area contributed by atoms with Crippen molar-refractivity contribution < 1.29 is 0 Å². The minimum atomic E-state index is 0.562. The van der Waals surface area contributed by atoms with Crippen LogP contribution in [-0.4, -0.2) is 22.5 Å². The zero-order valence-corrected chi connectivity index (χ0v) is 10.3. The quantitative estimate of drug-likeness (QED) is 0.838. The molecule has 1 fully saturated rings. The highest BCUT2D eigenvalue weighted by atomic mass is 32.2. The second-order valence-electron chi connectivity index (χ2n) is 3.87. The van der Waals surface area contributed by atoms with Crippen LogP contribution >= 0.6 is 23.1 Å². The monoisotopic (exact) mass is 228 g/mol. The predicted octanol–water partition coefficient (Wildman–Crippen LogP) is 2.44. The van der Waals surface area contributed by atoms with Crippen molar-refractivity contribution in [3.63, 3.8) is 0 Å². The van der Waals surface area contributed by atoms with Crippen LogP contribution in [0.3, 0.4) is 0 Å². The molecule has 0 bridgehead atoms. The number of hydrogen-bond acceptors (Lipinski definition) is 4. The maximum Gasteiger partial charge on any atom is 0.107 e. The molecule has 78 valence electrons. The fourth-order valence-corrected chi connectivity index (χ4v) is 2.97. The van der Waals surface area contributed by atoms with Crippen molar-refractivity contribution in [2.24, 2.45) is 0 Å². The molecular formula is C10H16N2S2. The highest BCUT2D eigenvalue weighted by molar-refractivity contribution is 8.00. The fraction of sp³-hybridized carbons (Fsp3) is 0.700. The van der Waals surface area contributed by atoms with E-state index in [1.54, 1.807) is 11.3 Å². The van der Waals surface area contributed by atoms with E-state index in [0.29, 0.717) is 4.75 Å². The highest BCUT2D eigenvalue weighted by Gasteiger charge is 2.41. The van der Waals surface area contributed by atoms with Gasteiger partial charge in [0, 0.05) is 28.9 Å². The Morgan fingerprint density at radius 1 is 1.64 bits per heavy atom. The lowest BCUT2D eigenvalue weighted by atomic mass is 10.4. The van der Waals surface area contributed by atoms with Crippen molar-refractivity contribution in [1.29, 1.82) is 0 Å². The van der Waals surface area contributed by atoms with Crippen molar-refractivity contribution in [2.45, 2.75) is 31.1 Å². The molecule has 1 aromatic heterocycles.